The lowest BCUT2D eigenvalue weighted by Gasteiger charge is -2.15. The van der Waals surface area contributed by atoms with Crippen LogP contribution in [0.25, 0.3) is 10.9 Å². The molecule has 2 N–H and O–H groups in total. The number of aromatic nitrogens is 1. The molecule has 2 amide bonds. The number of benzene rings is 1. The zero-order valence-electron chi connectivity index (χ0n) is 12.8. The monoisotopic (exact) mass is 299 g/mol. The fraction of sp³-hybridized carbons (Fsp3) is 0.412. The van der Waals surface area contributed by atoms with Gasteiger partial charge in [-0.3, -0.25) is 9.59 Å². The van der Waals surface area contributed by atoms with Gasteiger partial charge in [0, 0.05) is 42.7 Å². The highest BCUT2D eigenvalue weighted by molar-refractivity contribution is 6.08. The Morgan fingerprint density at radius 1 is 1.23 bits per heavy atom. The largest absolute Gasteiger partial charge is 0.358 e. The van der Waals surface area contributed by atoms with E-state index in [2.05, 4.69) is 10.3 Å². The van der Waals surface area contributed by atoms with Gasteiger partial charge < -0.3 is 15.2 Å². The van der Waals surface area contributed by atoms with Crippen molar-refractivity contribution >= 4 is 22.7 Å². The SMILES string of the molecule is Cc1[nH]c2ccccc2c1C(=O)NCCC(=O)N1CCCC1. The van der Waals surface area contributed by atoms with Crippen LogP contribution in [0.5, 0.6) is 0 Å². The molecule has 0 spiro atoms. The number of aromatic amines is 1. The number of likely N-dealkylation sites (tertiary alicyclic amines) is 1. The Labute approximate surface area is 129 Å². The molecule has 2 heterocycles. The Hall–Kier alpha value is -2.30. The molecule has 0 saturated carbocycles. The Morgan fingerprint density at radius 3 is 2.73 bits per heavy atom. The Morgan fingerprint density at radius 2 is 1.95 bits per heavy atom. The van der Waals surface area contributed by atoms with E-state index in [0.29, 0.717) is 18.5 Å². The molecule has 1 saturated heterocycles. The number of rotatable bonds is 4. The second kappa shape index (κ2) is 6.22. The third-order valence-corrected chi connectivity index (χ3v) is 4.20. The zero-order valence-corrected chi connectivity index (χ0v) is 12.8. The van der Waals surface area contributed by atoms with Crippen LogP contribution < -0.4 is 5.32 Å². The summed E-state index contributed by atoms with van der Waals surface area (Å²) in [6.07, 6.45) is 2.55. The highest BCUT2D eigenvalue weighted by atomic mass is 16.2. The van der Waals surface area contributed by atoms with E-state index >= 15 is 0 Å². The minimum Gasteiger partial charge on any atom is -0.358 e. The van der Waals surface area contributed by atoms with E-state index in [4.69, 9.17) is 0 Å². The zero-order chi connectivity index (χ0) is 15.5. The maximum Gasteiger partial charge on any atom is 0.253 e. The van der Waals surface area contributed by atoms with E-state index in [9.17, 15) is 9.59 Å². The van der Waals surface area contributed by atoms with Gasteiger partial charge >= 0.3 is 0 Å². The molecule has 1 aliphatic heterocycles. The molecular weight excluding hydrogens is 278 g/mol. The van der Waals surface area contributed by atoms with Crippen LogP contribution in [0.1, 0.15) is 35.3 Å². The number of carbonyl (C=O) groups is 2. The summed E-state index contributed by atoms with van der Waals surface area (Å²) in [5.74, 6) is 0.0117. The van der Waals surface area contributed by atoms with Crippen LogP contribution in [0, 0.1) is 6.92 Å². The highest BCUT2D eigenvalue weighted by Gasteiger charge is 2.19. The van der Waals surface area contributed by atoms with Crippen LogP contribution in [0.2, 0.25) is 0 Å². The van der Waals surface area contributed by atoms with Gasteiger partial charge in [-0.05, 0) is 25.8 Å². The molecule has 0 atom stereocenters. The lowest BCUT2D eigenvalue weighted by molar-refractivity contribution is -0.129. The van der Waals surface area contributed by atoms with Crippen molar-refractivity contribution < 1.29 is 9.59 Å². The number of fused-ring (bicyclic) bond motifs is 1. The summed E-state index contributed by atoms with van der Waals surface area (Å²) in [6.45, 7) is 3.99. The van der Waals surface area contributed by atoms with Gasteiger partial charge in [-0.25, -0.2) is 0 Å². The van der Waals surface area contributed by atoms with Crippen LogP contribution in [0.4, 0.5) is 0 Å². The number of hydrogen-bond acceptors (Lipinski definition) is 2. The predicted octanol–water partition coefficient (Wildman–Crippen LogP) is 2.22. The van der Waals surface area contributed by atoms with Crippen molar-refractivity contribution in [3.05, 3.63) is 35.5 Å². The third-order valence-electron chi connectivity index (χ3n) is 4.20. The fourth-order valence-corrected chi connectivity index (χ4v) is 3.07. The Balaban J connectivity index is 1.61. The summed E-state index contributed by atoms with van der Waals surface area (Å²) < 4.78 is 0. The van der Waals surface area contributed by atoms with Gasteiger partial charge in [-0.15, -0.1) is 0 Å². The van der Waals surface area contributed by atoms with Crippen LogP contribution in [0.3, 0.4) is 0 Å². The minimum atomic E-state index is -0.121. The van der Waals surface area contributed by atoms with Gasteiger partial charge in [-0.1, -0.05) is 18.2 Å². The average Bonchev–Trinajstić information content (AvgIpc) is 3.13. The van der Waals surface area contributed by atoms with Gasteiger partial charge in [0.2, 0.25) is 5.91 Å². The number of carbonyl (C=O) groups excluding carboxylic acids is 2. The van der Waals surface area contributed by atoms with Gasteiger partial charge in [0.25, 0.3) is 5.91 Å². The van der Waals surface area contributed by atoms with Crippen molar-refractivity contribution in [3.63, 3.8) is 0 Å². The smallest absolute Gasteiger partial charge is 0.253 e. The molecule has 1 aromatic carbocycles. The van der Waals surface area contributed by atoms with Crippen molar-refractivity contribution in [3.8, 4) is 0 Å². The number of aryl methyl sites for hydroxylation is 1. The highest BCUT2D eigenvalue weighted by Crippen LogP contribution is 2.21. The summed E-state index contributed by atoms with van der Waals surface area (Å²) in [5.41, 5.74) is 2.48. The molecule has 5 heteroatoms. The van der Waals surface area contributed by atoms with E-state index in [-0.39, 0.29) is 11.8 Å². The van der Waals surface area contributed by atoms with Crippen molar-refractivity contribution in [1.82, 2.24) is 15.2 Å². The van der Waals surface area contributed by atoms with Gasteiger partial charge in [0.1, 0.15) is 0 Å². The first-order valence-electron chi connectivity index (χ1n) is 7.80. The van der Waals surface area contributed by atoms with Crippen LogP contribution in [-0.2, 0) is 4.79 Å². The molecule has 0 aliphatic carbocycles. The lowest BCUT2D eigenvalue weighted by Crippen LogP contribution is -2.32. The molecule has 0 bridgehead atoms. The minimum absolute atomic E-state index is 0.121. The quantitative estimate of drug-likeness (QED) is 0.909. The van der Waals surface area contributed by atoms with Crippen molar-refractivity contribution in [2.24, 2.45) is 0 Å². The van der Waals surface area contributed by atoms with Gasteiger partial charge in [0.15, 0.2) is 0 Å². The van der Waals surface area contributed by atoms with E-state index in [1.165, 1.54) is 0 Å². The van der Waals surface area contributed by atoms with E-state index < -0.39 is 0 Å². The second-order valence-electron chi connectivity index (χ2n) is 5.76. The molecule has 0 unspecified atom stereocenters. The molecule has 116 valence electrons. The molecule has 1 aliphatic rings. The van der Waals surface area contributed by atoms with Crippen molar-refractivity contribution in [2.75, 3.05) is 19.6 Å². The van der Waals surface area contributed by atoms with Gasteiger partial charge in [0.05, 0.1) is 5.56 Å². The third kappa shape index (κ3) is 2.84. The number of amides is 2. The lowest BCUT2D eigenvalue weighted by atomic mass is 10.1. The van der Waals surface area contributed by atoms with Gasteiger partial charge in [-0.2, -0.15) is 0 Å². The topological polar surface area (TPSA) is 65.2 Å². The number of H-pyrrole nitrogens is 1. The Kier molecular flexibility index (Phi) is 4.13. The van der Waals surface area contributed by atoms with E-state index in [0.717, 1.165) is 42.5 Å². The summed E-state index contributed by atoms with van der Waals surface area (Å²) in [5, 5.41) is 3.79. The van der Waals surface area contributed by atoms with Crippen molar-refractivity contribution in [2.45, 2.75) is 26.2 Å². The molecule has 1 fully saturated rings. The average molecular weight is 299 g/mol. The molecule has 1 aromatic heterocycles. The number of nitrogens with zero attached hydrogens (tertiary/aromatic N) is 1. The number of hydrogen-bond donors (Lipinski definition) is 2. The molecule has 5 nitrogen and oxygen atoms in total. The van der Waals surface area contributed by atoms with Crippen LogP contribution in [-0.4, -0.2) is 41.3 Å². The van der Waals surface area contributed by atoms with Crippen molar-refractivity contribution in [1.29, 1.82) is 0 Å². The second-order valence-corrected chi connectivity index (χ2v) is 5.76. The summed E-state index contributed by atoms with van der Waals surface area (Å²) >= 11 is 0. The summed E-state index contributed by atoms with van der Waals surface area (Å²) in [7, 11) is 0. The number of nitrogens with one attached hydrogen (secondary N) is 2. The predicted molar refractivity (Wildman–Crippen MR) is 85.8 cm³/mol. The number of para-hydroxylation sites is 1. The van der Waals surface area contributed by atoms with Crippen LogP contribution >= 0.6 is 0 Å². The maximum atomic E-state index is 12.4. The molecule has 3 rings (SSSR count). The first-order chi connectivity index (χ1) is 10.7. The maximum absolute atomic E-state index is 12.4. The fourth-order valence-electron chi connectivity index (χ4n) is 3.07. The molecule has 0 radical (unpaired) electrons. The van der Waals surface area contributed by atoms with E-state index in [1.54, 1.807) is 0 Å². The molecule has 2 aromatic rings. The Bertz CT molecular complexity index is 699. The normalized spacial score (nSPS) is 14.5. The first-order valence-corrected chi connectivity index (χ1v) is 7.80. The first kappa shape index (κ1) is 14.6. The van der Waals surface area contributed by atoms with E-state index in [1.807, 2.05) is 36.1 Å². The van der Waals surface area contributed by atoms with Crippen LogP contribution in [0.15, 0.2) is 24.3 Å². The molecular formula is C17H21N3O2. The standard InChI is InChI=1S/C17H21N3O2/c1-12-16(13-6-2-3-7-14(13)19-12)17(22)18-9-8-15(21)20-10-4-5-11-20/h2-3,6-7,19H,4-5,8-11H2,1H3,(H,18,22). The molecule has 22 heavy (non-hydrogen) atoms. The summed E-state index contributed by atoms with van der Waals surface area (Å²) in [4.78, 5) is 29.4. The summed E-state index contributed by atoms with van der Waals surface area (Å²) in [6, 6.07) is 7.75.